The van der Waals surface area contributed by atoms with E-state index in [2.05, 4.69) is 0 Å². The summed E-state index contributed by atoms with van der Waals surface area (Å²) in [5.74, 6) is 0.705. The van der Waals surface area contributed by atoms with Crippen LogP contribution in [0.1, 0.15) is 34.9 Å². The number of hydrogen-bond acceptors (Lipinski definition) is 3. The number of hydrogen-bond donors (Lipinski definition) is 0. The highest BCUT2D eigenvalue weighted by Crippen LogP contribution is 2.28. The molecule has 0 bridgehead atoms. The first-order valence-electron chi connectivity index (χ1n) is 7.16. The molecule has 1 atom stereocenters. The summed E-state index contributed by atoms with van der Waals surface area (Å²) in [6.07, 6.45) is 1.94. The molecule has 0 N–H and O–H groups in total. The van der Waals surface area contributed by atoms with Crippen LogP contribution in [0.2, 0.25) is 0 Å². The molecular weight excluding hydrogens is 264 g/mol. The van der Waals surface area contributed by atoms with Gasteiger partial charge in [-0.25, -0.2) is 0 Å². The molecule has 1 fully saturated rings. The van der Waals surface area contributed by atoms with Crippen molar-refractivity contribution in [3.8, 4) is 5.75 Å². The summed E-state index contributed by atoms with van der Waals surface area (Å²) in [5, 5.41) is 0. The first-order chi connectivity index (χ1) is 10.3. The molecule has 0 amide bonds. The number of carbonyl (C=O) groups is 1. The van der Waals surface area contributed by atoms with Crippen molar-refractivity contribution >= 4 is 5.78 Å². The number of rotatable bonds is 6. The Hall–Kier alpha value is -2.13. The molecule has 0 saturated heterocycles. The van der Waals surface area contributed by atoms with Crippen LogP contribution < -0.4 is 4.74 Å². The van der Waals surface area contributed by atoms with Crippen molar-refractivity contribution in [2.75, 3.05) is 7.11 Å². The van der Waals surface area contributed by atoms with E-state index in [4.69, 9.17) is 9.47 Å². The lowest BCUT2D eigenvalue weighted by atomic mass is 10.00. The summed E-state index contributed by atoms with van der Waals surface area (Å²) in [4.78, 5) is 12.6. The minimum absolute atomic E-state index is 0.0510. The second-order valence-corrected chi connectivity index (χ2v) is 5.24. The molecule has 0 radical (unpaired) electrons. The van der Waals surface area contributed by atoms with E-state index < -0.39 is 6.10 Å². The second-order valence-electron chi connectivity index (χ2n) is 5.24. The Bertz CT molecular complexity index is 617. The Labute approximate surface area is 124 Å². The van der Waals surface area contributed by atoms with Gasteiger partial charge in [0.05, 0.1) is 6.10 Å². The molecule has 1 unspecified atom stereocenters. The fraction of sp³-hybridized carbons (Fsp3) is 0.278. The first kappa shape index (κ1) is 13.8. The maximum absolute atomic E-state index is 12.6. The predicted molar refractivity (Wildman–Crippen MR) is 80.6 cm³/mol. The Balaban J connectivity index is 1.82. The predicted octanol–water partition coefficient (Wildman–Crippen LogP) is 3.80. The fourth-order valence-corrected chi connectivity index (χ4v) is 2.27. The van der Waals surface area contributed by atoms with Gasteiger partial charge in [-0.2, -0.15) is 0 Å². The van der Waals surface area contributed by atoms with Gasteiger partial charge in [-0.3, -0.25) is 4.79 Å². The van der Waals surface area contributed by atoms with Crippen molar-refractivity contribution in [3.05, 3.63) is 65.7 Å². The lowest BCUT2D eigenvalue weighted by molar-refractivity contribution is 0.0604. The van der Waals surface area contributed by atoms with Gasteiger partial charge in [-0.05, 0) is 30.5 Å². The number of benzene rings is 2. The molecule has 1 aliphatic rings. The van der Waals surface area contributed by atoms with Crippen LogP contribution >= 0.6 is 0 Å². The normalized spacial score (nSPS) is 15.5. The molecule has 1 aliphatic carbocycles. The molecule has 3 nitrogen and oxygen atoms in total. The Kier molecular flexibility index (Phi) is 4.02. The molecule has 0 spiro atoms. The minimum atomic E-state index is -0.581. The average molecular weight is 282 g/mol. The molecule has 108 valence electrons. The minimum Gasteiger partial charge on any atom is -0.490 e. The van der Waals surface area contributed by atoms with E-state index in [-0.39, 0.29) is 5.78 Å². The van der Waals surface area contributed by atoms with Gasteiger partial charge in [-0.1, -0.05) is 42.5 Å². The SMILES string of the molecule is COC(C(=O)c1cccc(OC2CC2)c1)c1ccccc1. The number of ether oxygens (including phenoxy) is 2. The summed E-state index contributed by atoms with van der Waals surface area (Å²) in [5.41, 5.74) is 1.47. The lowest BCUT2D eigenvalue weighted by Gasteiger charge is -2.15. The smallest absolute Gasteiger partial charge is 0.196 e. The van der Waals surface area contributed by atoms with Crippen LogP contribution in [0.4, 0.5) is 0 Å². The van der Waals surface area contributed by atoms with Crippen LogP contribution in [-0.4, -0.2) is 19.0 Å². The third kappa shape index (κ3) is 3.31. The molecule has 0 aromatic heterocycles. The highest BCUT2D eigenvalue weighted by molar-refractivity contribution is 6.00. The van der Waals surface area contributed by atoms with Crippen molar-refractivity contribution in [1.82, 2.24) is 0 Å². The quantitative estimate of drug-likeness (QED) is 0.756. The topological polar surface area (TPSA) is 35.5 Å². The average Bonchev–Trinajstić information content (AvgIpc) is 3.33. The monoisotopic (exact) mass is 282 g/mol. The van der Waals surface area contributed by atoms with Gasteiger partial charge in [0.25, 0.3) is 0 Å². The fourth-order valence-electron chi connectivity index (χ4n) is 2.27. The Morgan fingerprint density at radius 3 is 2.52 bits per heavy atom. The van der Waals surface area contributed by atoms with E-state index in [9.17, 15) is 4.79 Å². The van der Waals surface area contributed by atoms with Crippen LogP contribution in [0.25, 0.3) is 0 Å². The van der Waals surface area contributed by atoms with Crippen molar-refractivity contribution in [2.24, 2.45) is 0 Å². The van der Waals surface area contributed by atoms with Gasteiger partial charge in [0.1, 0.15) is 11.9 Å². The molecular formula is C18H18O3. The highest BCUT2D eigenvalue weighted by atomic mass is 16.5. The number of carbonyl (C=O) groups excluding carboxylic acids is 1. The molecule has 2 aromatic carbocycles. The van der Waals surface area contributed by atoms with Crippen LogP contribution in [0.3, 0.4) is 0 Å². The van der Waals surface area contributed by atoms with Crippen LogP contribution in [0.15, 0.2) is 54.6 Å². The lowest BCUT2D eigenvalue weighted by Crippen LogP contribution is -2.15. The Morgan fingerprint density at radius 1 is 1.10 bits per heavy atom. The number of ketones is 1. The van der Waals surface area contributed by atoms with Crippen LogP contribution in [0, 0.1) is 0 Å². The second kappa shape index (κ2) is 6.10. The van der Waals surface area contributed by atoms with Gasteiger partial charge < -0.3 is 9.47 Å². The maximum atomic E-state index is 12.6. The molecule has 3 heteroatoms. The molecule has 0 aliphatic heterocycles. The highest BCUT2D eigenvalue weighted by Gasteiger charge is 2.25. The summed E-state index contributed by atoms with van der Waals surface area (Å²) in [6, 6.07) is 16.9. The zero-order chi connectivity index (χ0) is 14.7. The first-order valence-corrected chi connectivity index (χ1v) is 7.16. The van der Waals surface area contributed by atoms with Crippen molar-refractivity contribution in [1.29, 1.82) is 0 Å². The van der Waals surface area contributed by atoms with Gasteiger partial charge >= 0.3 is 0 Å². The van der Waals surface area contributed by atoms with Gasteiger partial charge in [-0.15, -0.1) is 0 Å². The molecule has 2 aromatic rings. The number of Topliss-reactive ketones (excluding diaryl/α,β-unsaturated/α-hetero) is 1. The standard InChI is InChI=1S/C18H18O3/c1-20-18(13-6-3-2-4-7-13)17(19)14-8-5-9-16(12-14)21-15-10-11-15/h2-9,12,15,18H,10-11H2,1H3. The molecule has 0 heterocycles. The summed E-state index contributed by atoms with van der Waals surface area (Å²) in [6.45, 7) is 0. The summed E-state index contributed by atoms with van der Waals surface area (Å²) >= 11 is 0. The third-order valence-electron chi connectivity index (χ3n) is 3.52. The van der Waals surface area contributed by atoms with E-state index in [0.29, 0.717) is 11.7 Å². The van der Waals surface area contributed by atoms with E-state index in [0.717, 1.165) is 24.2 Å². The molecule has 21 heavy (non-hydrogen) atoms. The van der Waals surface area contributed by atoms with Gasteiger partial charge in [0, 0.05) is 12.7 Å². The molecule has 1 saturated carbocycles. The van der Waals surface area contributed by atoms with Crippen molar-refractivity contribution < 1.29 is 14.3 Å². The van der Waals surface area contributed by atoms with Crippen molar-refractivity contribution in [2.45, 2.75) is 25.0 Å². The van der Waals surface area contributed by atoms with Crippen LogP contribution in [-0.2, 0) is 4.74 Å². The van der Waals surface area contributed by atoms with E-state index in [1.807, 2.05) is 42.5 Å². The zero-order valence-electron chi connectivity index (χ0n) is 12.0. The number of methoxy groups -OCH3 is 1. The maximum Gasteiger partial charge on any atom is 0.196 e. The summed E-state index contributed by atoms with van der Waals surface area (Å²) < 4.78 is 11.1. The van der Waals surface area contributed by atoms with E-state index in [1.54, 1.807) is 19.2 Å². The van der Waals surface area contributed by atoms with Gasteiger partial charge in [0.2, 0.25) is 0 Å². The van der Waals surface area contributed by atoms with E-state index in [1.165, 1.54) is 0 Å². The Morgan fingerprint density at radius 2 is 1.86 bits per heavy atom. The summed E-state index contributed by atoms with van der Waals surface area (Å²) in [7, 11) is 1.56. The van der Waals surface area contributed by atoms with Crippen molar-refractivity contribution in [3.63, 3.8) is 0 Å². The van der Waals surface area contributed by atoms with Crippen LogP contribution in [0.5, 0.6) is 5.75 Å². The third-order valence-corrected chi connectivity index (χ3v) is 3.52. The molecule has 3 rings (SSSR count). The van der Waals surface area contributed by atoms with Gasteiger partial charge in [0.15, 0.2) is 5.78 Å². The largest absolute Gasteiger partial charge is 0.490 e. The van der Waals surface area contributed by atoms with E-state index >= 15 is 0 Å². The zero-order valence-corrected chi connectivity index (χ0v) is 12.0.